The van der Waals surface area contributed by atoms with Crippen molar-refractivity contribution >= 4 is 11.8 Å². The van der Waals surface area contributed by atoms with Crippen molar-refractivity contribution in [3.8, 4) is 0 Å². The lowest BCUT2D eigenvalue weighted by molar-refractivity contribution is -0.137. The molecule has 3 rings (SSSR count). The highest BCUT2D eigenvalue weighted by Gasteiger charge is 2.34. The maximum absolute atomic E-state index is 12.7. The Balaban J connectivity index is 1.53. The number of alkyl halides is 3. The Labute approximate surface area is 145 Å². The van der Waals surface area contributed by atoms with Crippen LogP contribution in [0.2, 0.25) is 0 Å². The van der Waals surface area contributed by atoms with Crippen LogP contribution in [0, 0.1) is 5.92 Å². The first-order chi connectivity index (χ1) is 11.9. The number of hydrogen-bond acceptors (Lipinski definition) is 3. The van der Waals surface area contributed by atoms with E-state index < -0.39 is 17.8 Å². The van der Waals surface area contributed by atoms with Crippen LogP contribution in [0.15, 0.2) is 24.3 Å². The highest BCUT2D eigenvalue weighted by atomic mass is 19.4. The number of hydrogen-bond donors (Lipinski definition) is 1. The van der Waals surface area contributed by atoms with E-state index in [4.69, 9.17) is 4.74 Å². The monoisotopic (exact) mass is 356 g/mol. The summed E-state index contributed by atoms with van der Waals surface area (Å²) < 4.78 is 43.4. The van der Waals surface area contributed by atoms with Crippen LogP contribution < -0.4 is 5.32 Å². The molecule has 1 aromatic rings. The number of benzene rings is 1. The first kappa shape index (κ1) is 18.0. The quantitative estimate of drug-likeness (QED) is 0.866. The molecule has 1 amide bonds. The molecule has 2 fully saturated rings. The summed E-state index contributed by atoms with van der Waals surface area (Å²) in [4.78, 5) is 14.4. The molecule has 1 aromatic carbocycles. The van der Waals surface area contributed by atoms with Crippen molar-refractivity contribution in [3.63, 3.8) is 0 Å². The average molecular weight is 356 g/mol. The molecule has 25 heavy (non-hydrogen) atoms. The first-order valence-electron chi connectivity index (χ1n) is 8.78. The molecule has 2 aliphatic rings. The van der Waals surface area contributed by atoms with Gasteiger partial charge in [-0.1, -0.05) is 12.5 Å². The lowest BCUT2D eigenvalue weighted by Crippen LogP contribution is -2.49. The van der Waals surface area contributed by atoms with E-state index in [2.05, 4.69) is 10.2 Å². The number of rotatable bonds is 3. The molecule has 1 N–H and O–H groups in total. The van der Waals surface area contributed by atoms with Crippen LogP contribution in [0.1, 0.15) is 37.7 Å². The van der Waals surface area contributed by atoms with Crippen LogP contribution >= 0.6 is 0 Å². The Morgan fingerprint density at radius 2 is 2.00 bits per heavy atom. The van der Waals surface area contributed by atoms with Crippen LogP contribution in [0.25, 0.3) is 0 Å². The molecular weight excluding hydrogens is 333 g/mol. The van der Waals surface area contributed by atoms with Crippen LogP contribution in [0.5, 0.6) is 0 Å². The molecule has 0 aromatic heterocycles. The standard InChI is InChI=1S/C18H23F3N2O2/c19-18(20,21)14-6-3-7-15(11-14)22-17(24)25-12-13-5-4-10-23-9-2-1-8-16(13)23/h3,6-7,11,13,16H,1-2,4-5,8-10,12H2,(H,22,24). The predicted octanol–water partition coefficient (Wildman–Crippen LogP) is 4.52. The van der Waals surface area contributed by atoms with Crippen LogP contribution in [0.3, 0.4) is 0 Å². The third-order valence-corrected chi connectivity index (χ3v) is 5.09. The number of ether oxygens (including phenoxy) is 1. The van der Waals surface area contributed by atoms with Crippen molar-refractivity contribution in [1.29, 1.82) is 0 Å². The lowest BCUT2D eigenvalue weighted by atomic mass is 9.84. The smallest absolute Gasteiger partial charge is 0.416 e. The zero-order valence-corrected chi connectivity index (χ0v) is 14.0. The summed E-state index contributed by atoms with van der Waals surface area (Å²) in [6.45, 7) is 2.53. The number of carbonyl (C=O) groups excluding carboxylic acids is 1. The summed E-state index contributed by atoms with van der Waals surface area (Å²) in [6.07, 6.45) is 0.538. The maximum atomic E-state index is 12.7. The molecule has 2 unspecified atom stereocenters. The molecule has 2 saturated heterocycles. The summed E-state index contributed by atoms with van der Waals surface area (Å²) >= 11 is 0. The van der Waals surface area contributed by atoms with Crippen molar-refractivity contribution in [2.45, 2.75) is 44.3 Å². The van der Waals surface area contributed by atoms with Gasteiger partial charge >= 0.3 is 12.3 Å². The Kier molecular flexibility index (Phi) is 5.51. The molecule has 0 radical (unpaired) electrons. The SMILES string of the molecule is O=C(Nc1cccc(C(F)(F)F)c1)OCC1CCCN2CCCCC12. The number of carbonyl (C=O) groups is 1. The Morgan fingerprint density at radius 1 is 1.20 bits per heavy atom. The highest BCUT2D eigenvalue weighted by Crippen LogP contribution is 2.32. The van der Waals surface area contributed by atoms with Crippen molar-refractivity contribution in [1.82, 2.24) is 4.90 Å². The maximum Gasteiger partial charge on any atom is 0.416 e. The van der Waals surface area contributed by atoms with Gasteiger partial charge in [-0.3, -0.25) is 10.2 Å². The summed E-state index contributed by atoms with van der Waals surface area (Å²) in [5.41, 5.74) is -0.710. The number of piperidine rings is 2. The van der Waals surface area contributed by atoms with Gasteiger partial charge in [0, 0.05) is 17.6 Å². The normalized spacial score (nSPS) is 24.4. The number of nitrogens with zero attached hydrogens (tertiary/aromatic N) is 1. The molecule has 7 heteroatoms. The second-order valence-corrected chi connectivity index (χ2v) is 6.80. The molecule has 0 spiro atoms. The zero-order chi connectivity index (χ0) is 17.9. The number of amides is 1. The zero-order valence-electron chi connectivity index (χ0n) is 14.0. The number of anilines is 1. The van der Waals surface area contributed by atoms with Gasteiger partial charge in [-0.2, -0.15) is 13.2 Å². The van der Waals surface area contributed by atoms with Gasteiger partial charge in [0.2, 0.25) is 0 Å². The van der Waals surface area contributed by atoms with E-state index in [1.165, 1.54) is 25.0 Å². The minimum Gasteiger partial charge on any atom is -0.449 e. The van der Waals surface area contributed by atoms with Gasteiger partial charge in [0.1, 0.15) is 0 Å². The van der Waals surface area contributed by atoms with Gasteiger partial charge in [-0.05, 0) is 57.0 Å². The van der Waals surface area contributed by atoms with Crippen molar-refractivity contribution < 1.29 is 22.7 Å². The van der Waals surface area contributed by atoms with Gasteiger partial charge < -0.3 is 4.74 Å². The molecular formula is C18H23F3N2O2. The van der Waals surface area contributed by atoms with Crippen LogP contribution in [-0.4, -0.2) is 36.7 Å². The molecule has 2 atom stereocenters. The third kappa shape index (κ3) is 4.66. The minimum atomic E-state index is -4.44. The average Bonchev–Trinajstić information content (AvgIpc) is 2.59. The van der Waals surface area contributed by atoms with E-state index in [1.807, 2.05) is 0 Å². The summed E-state index contributed by atoms with van der Waals surface area (Å²) in [5, 5.41) is 2.39. The van der Waals surface area contributed by atoms with E-state index in [-0.39, 0.29) is 5.69 Å². The fourth-order valence-corrected chi connectivity index (χ4v) is 3.88. The van der Waals surface area contributed by atoms with Crippen molar-refractivity contribution in [3.05, 3.63) is 29.8 Å². The fourth-order valence-electron chi connectivity index (χ4n) is 3.88. The largest absolute Gasteiger partial charge is 0.449 e. The lowest BCUT2D eigenvalue weighted by Gasteiger charge is -2.44. The highest BCUT2D eigenvalue weighted by molar-refractivity contribution is 5.84. The molecule has 2 heterocycles. The Morgan fingerprint density at radius 3 is 2.80 bits per heavy atom. The summed E-state index contributed by atoms with van der Waals surface area (Å²) in [6, 6.07) is 5.02. The molecule has 0 aliphatic carbocycles. The number of halogens is 3. The molecule has 4 nitrogen and oxygen atoms in total. The Hall–Kier alpha value is -1.76. The van der Waals surface area contributed by atoms with Crippen molar-refractivity contribution in [2.75, 3.05) is 25.0 Å². The van der Waals surface area contributed by atoms with Gasteiger partial charge in [-0.15, -0.1) is 0 Å². The molecule has 0 saturated carbocycles. The molecule has 2 aliphatic heterocycles. The minimum absolute atomic E-state index is 0.0859. The third-order valence-electron chi connectivity index (χ3n) is 5.09. The van der Waals surface area contributed by atoms with E-state index in [0.29, 0.717) is 18.6 Å². The van der Waals surface area contributed by atoms with Gasteiger partial charge in [0.05, 0.1) is 12.2 Å². The van der Waals surface area contributed by atoms with Gasteiger partial charge in [0.25, 0.3) is 0 Å². The Bertz CT molecular complexity index is 604. The molecule has 138 valence electrons. The first-order valence-corrected chi connectivity index (χ1v) is 8.78. The van der Waals surface area contributed by atoms with Crippen LogP contribution in [-0.2, 0) is 10.9 Å². The summed E-state index contributed by atoms with van der Waals surface area (Å²) in [7, 11) is 0. The van der Waals surface area contributed by atoms with E-state index in [1.54, 1.807) is 0 Å². The van der Waals surface area contributed by atoms with E-state index in [0.717, 1.165) is 44.5 Å². The van der Waals surface area contributed by atoms with Gasteiger partial charge in [0.15, 0.2) is 0 Å². The van der Waals surface area contributed by atoms with E-state index in [9.17, 15) is 18.0 Å². The van der Waals surface area contributed by atoms with E-state index >= 15 is 0 Å². The van der Waals surface area contributed by atoms with Crippen molar-refractivity contribution in [2.24, 2.45) is 5.92 Å². The van der Waals surface area contributed by atoms with Crippen LogP contribution in [0.4, 0.5) is 23.7 Å². The number of nitrogens with one attached hydrogen (secondary N) is 1. The van der Waals surface area contributed by atoms with Gasteiger partial charge in [-0.25, -0.2) is 4.79 Å². The molecule has 0 bridgehead atoms. The second kappa shape index (κ2) is 7.64. The summed E-state index contributed by atoms with van der Waals surface area (Å²) in [5.74, 6) is 0.307. The second-order valence-electron chi connectivity index (χ2n) is 6.80. The fraction of sp³-hybridized carbons (Fsp3) is 0.611. The number of fused-ring (bicyclic) bond motifs is 1. The predicted molar refractivity (Wildman–Crippen MR) is 88.4 cm³/mol. The topological polar surface area (TPSA) is 41.6 Å².